The van der Waals surface area contributed by atoms with Crippen molar-refractivity contribution in [2.24, 2.45) is 0 Å². The van der Waals surface area contributed by atoms with Crippen molar-refractivity contribution in [1.29, 1.82) is 5.26 Å². The van der Waals surface area contributed by atoms with Gasteiger partial charge in [0.2, 0.25) is 0 Å². The minimum absolute atomic E-state index is 0.122. The minimum atomic E-state index is -0.817. The van der Waals surface area contributed by atoms with Crippen LogP contribution in [0.1, 0.15) is 105 Å². The normalized spacial score (nSPS) is 27.5. The van der Waals surface area contributed by atoms with Crippen molar-refractivity contribution < 1.29 is 9.63 Å². The molecule has 11 nitrogen and oxygen atoms in total. The monoisotopic (exact) mass is 641 g/mol. The highest BCUT2D eigenvalue weighted by molar-refractivity contribution is 7.16. The molecule has 4 atom stereocenters. The van der Waals surface area contributed by atoms with Gasteiger partial charge >= 0.3 is 0 Å². The Hall–Kier alpha value is -3.53. The van der Waals surface area contributed by atoms with Crippen LogP contribution in [-0.2, 0) is 18.3 Å². The summed E-state index contributed by atoms with van der Waals surface area (Å²) in [6.07, 6.45) is 12.4. The van der Waals surface area contributed by atoms with E-state index < -0.39 is 11.0 Å². The Morgan fingerprint density at radius 1 is 1.13 bits per heavy atom. The molecule has 2 fully saturated rings. The molecule has 6 heterocycles. The fourth-order valence-corrected chi connectivity index (χ4v) is 10.2. The minimum Gasteiger partial charge on any atom is -0.389 e. The third-order valence-electron chi connectivity index (χ3n) is 11.2. The van der Waals surface area contributed by atoms with Gasteiger partial charge in [0, 0.05) is 29.6 Å². The van der Waals surface area contributed by atoms with Gasteiger partial charge in [-0.15, -0.1) is 11.3 Å². The summed E-state index contributed by atoms with van der Waals surface area (Å²) in [4.78, 5) is 16.3. The molecule has 242 valence electrons. The Morgan fingerprint density at radius 3 is 2.74 bits per heavy atom. The molecule has 4 aromatic rings. The Balaban J connectivity index is 1.30. The zero-order chi connectivity index (χ0) is 31.8. The number of fused-ring (bicyclic) bond motifs is 5. The first-order chi connectivity index (χ1) is 22.2. The van der Waals surface area contributed by atoms with Crippen LogP contribution < -0.4 is 10.6 Å². The highest BCUT2D eigenvalue weighted by atomic mass is 32.1. The smallest absolute Gasteiger partial charge is 0.186 e. The van der Waals surface area contributed by atoms with Gasteiger partial charge in [-0.1, -0.05) is 5.16 Å². The van der Waals surface area contributed by atoms with Crippen LogP contribution in [0, 0.1) is 11.3 Å². The van der Waals surface area contributed by atoms with Crippen LogP contribution in [0.3, 0.4) is 0 Å². The molecule has 4 unspecified atom stereocenters. The van der Waals surface area contributed by atoms with Gasteiger partial charge < -0.3 is 25.2 Å². The molecular weight excluding hydrogens is 599 g/mol. The van der Waals surface area contributed by atoms with E-state index in [1.165, 1.54) is 11.3 Å². The summed E-state index contributed by atoms with van der Waals surface area (Å²) in [5, 5.41) is 32.5. The maximum atomic E-state index is 11.2. The number of thiophene rings is 1. The predicted octanol–water partition coefficient (Wildman–Crippen LogP) is 5.35. The van der Waals surface area contributed by atoms with Gasteiger partial charge in [0.15, 0.2) is 22.9 Å². The molecule has 2 saturated heterocycles. The second-order valence-electron chi connectivity index (χ2n) is 14.4. The standard InChI is InChI=1S/C34H43N9O2S/c1-20(24-10-8-15-41(24)3)43-32-23(18-37-43)31(42-16-5-4-12-33(2,44)19-42)38-30(39-32)27-21-9-6-13-34(28(21)45-40-27)14-7-11-25-26(34)22(17-35)29(36)46-25/h18,20,24,44H,4-16,19,36H2,1-3H3. The summed E-state index contributed by atoms with van der Waals surface area (Å²) >= 11 is 1.55. The van der Waals surface area contributed by atoms with E-state index in [1.807, 2.05) is 13.1 Å². The van der Waals surface area contributed by atoms with Gasteiger partial charge in [-0.05, 0) is 104 Å². The number of hydrogen-bond donors (Lipinski definition) is 2. The summed E-state index contributed by atoms with van der Waals surface area (Å²) in [5.74, 6) is 2.17. The molecule has 0 radical (unpaired) electrons. The zero-order valence-corrected chi connectivity index (χ0v) is 27.9. The molecule has 12 heteroatoms. The summed E-state index contributed by atoms with van der Waals surface area (Å²) in [6.45, 7) is 6.53. The molecule has 46 heavy (non-hydrogen) atoms. The van der Waals surface area contributed by atoms with E-state index in [-0.39, 0.29) is 6.04 Å². The molecule has 0 amide bonds. The number of nitrogens with two attached hydrogens (primary N) is 1. The van der Waals surface area contributed by atoms with E-state index in [9.17, 15) is 10.4 Å². The number of nitrogens with zero attached hydrogens (tertiary/aromatic N) is 8. The highest BCUT2D eigenvalue weighted by Crippen LogP contribution is 2.55. The maximum Gasteiger partial charge on any atom is 0.186 e. The molecule has 0 aromatic carbocycles. The lowest BCUT2D eigenvalue weighted by atomic mass is 9.63. The molecule has 1 spiro atoms. The molecule has 3 N–H and O–H groups in total. The Morgan fingerprint density at radius 2 is 1.96 bits per heavy atom. The van der Waals surface area contributed by atoms with Crippen LogP contribution in [-0.4, -0.2) is 73.2 Å². The Kier molecular flexibility index (Phi) is 7.16. The number of likely N-dealkylation sites (N-methyl/N-ethyl adjacent to an activating group) is 1. The molecule has 4 aliphatic rings. The molecule has 2 aliphatic heterocycles. The van der Waals surface area contributed by atoms with Gasteiger partial charge in [-0.3, -0.25) is 0 Å². The zero-order valence-electron chi connectivity index (χ0n) is 27.1. The van der Waals surface area contributed by atoms with E-state index >= 15 is 0 Å². The first-order valence-electron chi connectivity index (χ1n) is 16.9. The Labute approximate surface area is 273 Å². The molecular formula is C34H43N9O2S. The largest absolute Gasteiger partial charge is 0.389 e. The first kappa shape index (κ1) is 29.8. The van der Waals surface area contributed by atoms with Crippen molar-refractivity contribution in [1.82, 2.24) is 29.8 Å². The van der Waals surface area contributed by atoms with Crippen LogP contribution in [0.25, 0.3) is 22.6 Å². The van der Waals surface area contributed by atoms with Gasteiger partial charge in [0.05, 0.1) is 34.2 Å². The summed E-state index contributed by atoms with van der Waals surface area (Å²) < 4.78 is 8.42. The van der Waals surface area contributed by atoms with Crippen molar-refractivity contribution in [2.45, 2.75) is 108 Å². The van der Waals surface area contributed by atoms with Crippen LogP contribution >= 0.6 is 11.3 Å². The van der Waals surface area contributed by atoms with Gasteiger partial charge in [0.25, 0.3) is 0 Å². The third kappa shape index (κ3) is 4.57. The quantitative estimate of drug-likeness (QED) is 0.299. The van der Waals surface area contributed by atoms with Crippen molar-refractivity contribution in [3.8, 4) is 17.6 Å². The molecule has 2 aliphatic carbocycles. The number of aromatic nitrogens is 5. The molecule has 0 saturated carbocycles. The average Bonchev–Trinajstić information content (AvgIpc) is 3.81. The molecule has 4 aromatic heterocycles. The fourth-order valence-electron chi connectivity index (χ4n) is 9.04. The summed E-state index contributed by atoms with van der Waals surface area (Å²) in [6, 6.07) is 2.91. The SMILES string of the molecule is CC(C1CCCN1C)n1ncc2c(N3CCCCC(C)(O)C3)nc(-c3noc4c3CCCC43CCCc4sc(N)c(C#N)c43)nc21. The lowest BCUT2D eigenvalue weighted by Gasteiger charge is -2.39. The van der Waals surface area contributed by atoms with Crippen LogP contribution in [0.4, 0.5) is 10.8 Å². The van der Waals surface area contributed by atoms with E-state index in [0.29, 0.717) is 34.7 Å². The predicted molar refractivity (Wildman–Crippen MR) is 178 cm³/mol. The highest BCUT2D eigenvalue weighted by Gasteiger charge is 2.49. The van der Waals surface area contributed by atoms with Crippen molar-refractivity contribution >= 4 is 33.2 Å². The second-order valence-corrected chi connectivity index (χ2v) is 15.5. The number of likely N-dealkylation sites (tertiary alicyclic amines) is 1. The number of aryl methyl sites for hydroxylation is 1. The van der Waals surface area contributed by atoms with Crippen molar-refractivity contribution in [3.05, 3.63) is 33.5 Å². The van der Waals surface area contributed by atoms with Crippen molar-refractivity contribution in [2.75, 3.05) is 37.3 Å². The molecule has 8 rings (SSSR count). The number of aliphatic hydroxyl groups is 1. The number of nitriles is 1. The number of β-amino-alcohol motifs (C(OH)–C–C–N with tert-alkyl or cyclic N) is 1. The second kappa shape index (κ2) is 11.0. The average molecular weight is 642 g/mol. The lowest BCUT2D eigenvalue weighted by molar-refractivity contribution is 0.0612. The maximum absolute atomic E-state index is 11.2. The van der Waals surface area contributed by atoms with E-state index in [0.717, 1.165) is 111 Å². The first-order valence-corrected chi connectivity index (χ1v) is 17.8. The van der Waals surface area contributed by atoms with Crippen molar-refractivity contribution in [3.63, 3.8) is 0 Å². The number of nitrogen functional groups attached to an aromatic ring is 1. The number of anilines is 2. The van der Waals surface area contributed by atoms with E-state index in [2.05, 4.69) is 34.5 Å². The van der Waals surface area contributed by atoms with Gasteiger partial charge in [0.1, 0.15) is 16.9 Å². The summed E-state index contributed by atoms with van der Waals surface area (Å²) in [5.41, 5.74) is 9.32. The fraction of sp³-hybridized carbons (Fsp3) is 0.618. The number of hydrogen-bond acceptors (Lipinski definition) is 11. The molecule has 0 bridgehead atoms. The third-order valence-corrected chi connectivity index (χ3v) is 12.3. The van der Waals surface area contributed by atoms with Crippen LogP contribution in [0.5, 0.6) is 0 Å². The van der Waals surface area contributed by atoms with E-state index in [4.69, 9.17) is 30.5 Å². The Bertz CT molecular complexity index is 1850. The lowest BCUT2D eigenvalue weighted by Crippen LogP contribution is -2.39. The van der Waals surface area contributed by atoms with Crippen LogP contribution in [0.2, 0.25) is 0 Å². The van der Waals surface area contributed by atoms with E-state index in [1.54, 1.807) is 11.3 Å². The van der Waals surface area contributed by atoms with Gasteiger partial charge in [-0.25, -0.2) is 14.6 Å². The number of rotatable bonds is 4. The topological polar surface area (TPSA) is 146 Å². The summed E-state index contributed by atoms with van der Waals surface area (Å²) in [7, 11) is 2.19. The van der Waals surface area contributed by atoms with Gasteiger partial charge in [-0.2, -0.15) is 10.4 Å². The van der Waals surface area contributed by atoms with Crippen LogP contribution in [0.15, 0.2) is 10.7 Å².